The van der Waals surface area contributed by atoms with E-state index >= 15 is 0 Å². The molecule has 2 aromatic rings. The van der Waals surface area contributed by atoms with Crippen molar-refractivity contribution in [3.63, 3.8) is 0 Å². The van der Waals surface area contributed by atoms with Crippen molar-refractivity contribution in [2.45, 2.75) is 26.4 Å². The molecule has 1 atom stereocenters. The first-order valence-electron chi connectivity index (χ1n) is 9.92. The number of para-hydroxylation sites is 1. The molecule has 1 heterocycles. The molecule has 1 aliphatic rings. The number of hydrogen-bond acceptors (Lipinski definition) is 4. The standard InChI is InChI=1S/C22H29FN4O.2ClH/c1-3-24-16-18-6-4-5-7-21(18)25-22(28)17(2)26-12-14-27(15-13-26)20-10-8-19(23)9-11-20;;/h4-11,17,24H,3,12-16H2,1-2H3,(H,25,28);2*1H. The zero-order chi connectivity index (χ0) is 19.9. The second-order valence-corrected chi connectivity index (χ2v) is 7.10. The lowest BCUT2D eigenvalue weighted by Gasteiger charge is -2.38. The van der Waals surface area contributed by atoms with Crippen molar-refractivity contribution in [3.05, 3.63) is 59.9 Å². The molecule has 1 aliphatic heterocycles. The van der Waals surface area contributed by atoms with E-state index in [2.05, 4.69) is 27.4 Å². The largest absolute Gasteiger partial charge is 0.369 e. The van der Waals surface area contributed by atoms with Crippen molar-refractivity contribution >= 4 is 42.1 Å². The Kier molecular flexibility index (Phi) is 11.1. The molecule has 8 heteroatoms. The molecule has 2 N–H and O–H groups in total. The average Bonchev–Trinajstić information content (AvgIpc) is 2.73. The summed E-state index contributed by atoms with van der Waals surface area (Å²) in [6, 6.07) is 14.3. The van der Waals surface area contributed by atoms with E-state index in [1.54, 1.807) is 0 Å². The second-order valence-electron chi connectivity index (χ2n) is 7.10. The summed E-state index contributed by atoms with van der Waals surface area (Å²) in [5, 5.41) is 6.39. The molecular weight excluding hydrogens is 426 g/mol. The van der Waals surface area contributed by atoms with Gasteiger partial charge in [0.1, 0.15) is 5.82 Å². The predicted octanol–water partition coefficient (Wildman–Crippen LogP) is 3.93. The molecule has 1 fully saturated rings. The first kappa shape index (κ1) is 26.2. The third-order valence-corrected chi connectivity index (χ3v) is 5.27. The van der Waals surface area contributed by atoms with Crippen molar-refractivity contribution in [1.29, 1.82) is 0 Å². The lowest BCUT2D eigenvalue weighted by Crippen LogP contribution is -2.52. The maximum atomic E-state index is 13.1. The van der Waals surface area contributed by atoms with Gasteiger partial charge in [-0.25, -0.2) is 4.39 Å². The molecule has 0 spiro atoms. The van der Waals surface area contributed by atoms with Crippen LogP contribution in [0.5, 0.6) is 0 Å². The van der Waals surface area contributed by atoms with Crippen molar-refractivity contribution in [2.24, 2.45) is 0 Å². The van der Waals surface area contributed by atoms with Gasteiger partial charge in [-0.15, -0.1) is 24.8 Å². The lowest BCUT2D eigenvalue weighted by molar-refractivity contribution is -0.120. The van der Waals surface area contributed by atoms with Crippen LogP contribution in [-0.2, 0) is 11.3 Å². The fourth-order valence-electron chi connectivity index (χ4n) is 3.48. The third kappa shape index (κ3) is 6.84. The van der Waals surface area contributed by atoms with Gasteiger partial charge in [0.15, 0.2) is 0 Å². The van der Waals surface area contributed by atoms with Gasteiger partial charge in [-0.1, -0.05) is 25.1 Å². The normalized spacial score (nSPS) is 15.0. The van der Waals surface area contributed by atoms with Gasteiger partial charge in [0, 0.05) is 44.1 Å². The number of benzene rings is 2. The number of rotatable bonds is 7. The molecule has 0 aromatic heterocycles. The van der Waals surface area contributed by atoms with Crippen LogP contribution in [0.25, 0.3) is 0 Å². The molecule has 166 valence electrons. The Hall–Kier alpha value is -1.86. The second kappa shape index (κ2) is 12.7. The van der Waals surface area contributed by atoms with Crippen molar-refractivity contribution < 1.29 is 9.18 Å². The van der Waals surface area contributed by atoms with Gasteiger partial charge in [-0.3, -0.25) is 9.69 Å². The molecule has 1 amide bonds. The highest BCUT2D eigenvalue weighted by molar-refractivity contribution is 5.95. The van der Waals surface area contributed by atoms with E-state index in [0.29, 0.717) is 0 Å². The van der Waals surface area contributed by atoms with Crippen LogP contribution in [0.4, 0.5) is 15.8 Å². The summed E-state index contributed by atoms with van der Waals surface area (Å²) in [5.41, 5.74) is 2.98. The summed E-state index contributed by atoms with van der Waals surface area (Å²) in [4.78, 5) is 17.2. The van der Waals surface area contributed by atoms with Gasteiger partial charge < -0.3 is 15.5 Å². The van der Waals surface area contributed by atoms with Gasteiger partial charge in [0.05, 0.1) is 6.04 Å². The van der Waals surface area contributed by atoms with Crippen molar-refractivity contribution in [2.75, 3.05) is 42.9 Å². The minimum absolute atomic E-state index is 0. The van der Waals surface area contributed by atoms with Crippen LogP contribution in [0.2, 0.25) is 0 Å². The molecule has 0 aliphatic carbocycles. The molecular formula is C22H31Cl2FN4O. The van der Waals surface area contributed by atoms with Crippen LogP contribution < -0.4 is 15.5 Å². The maximum absolute atomic E-state index is 13.1. The van der Waals surface area contributed by atoms with Gasteiger partial charge in [-0.05, 0) is 49.4 Å². The molecule has 5 nitrogen and oxygen atoms in total. The lowest BCUT2D eigenvalue weighted by atomic mass is 10.1. The van der Waals surface area contributed by atoms with E-state index in [-0.39, 0.29) is 42.6 Å². The van der Waals surface area contributed by atoms with E-state index in [4.69, 9.17) is 0 Å². The van der Waals surface area contributed by atoms with Gasteiger partial charge in [0.2, 0.25) is 5.91 Å². The van der Waals surface area contributed by atoms with E-state index in [1.807, 2.05) is 43.3 Å². The quantitative estimate of drug-likeness (QED) is 0.662. The Bertz CT molecular complexity index is 783. The highest BCUT2D eigenvalue weighted by Crippen LogP contribution is 2.19. The molecule has 1 unspecified atom stereocenters. The summed E-state index contributed by atoms with van der Waals surface area (Å²) in [6.45, 7) is 8.87. The SMILES string of the molecule is CCNCc1ccccc1NC(=O)C(C)N1CCN(c2ccc(F)cc2)CC1.Cl.Cl. The molecule has 0 bridgehead atoms. The highest BCUT2D eigenvalue weighted by atomic mass is 35.5. The zero-order valence-corrected chi connectivity index (χ0v) is 19.1. The fraction of sp³-hybridized carbons (Fsp3) is 0.409. The van der Waals surface area contributed by atoms with E-state index in [1.165, 1.54) is 12.1 Å². The van der Waals surface area contributed by atoms with E-state index in [0.717, 1.165) is 56.2 Å². The minimum atomic E-state index is -0.220. The van der Waals surface area contributed by atoms with Crippen LogP contribution >= 0.6 is 24.8 Å². The van der Waals surface area contributed by atoms with Crippen LogP contribution in [0.3, 0.4) is 0 Å². The van der Waals surface area contributed by atoms with Crippen LogP contribution in [0, 0.1) is 5.82 Å². The first-order valence-corrected chi connectivity index (χ1v) is 9.92. The minimum Gasteiger partial charge on any atom is -0.369 e. The van der Waals surface area contributed by atoms with Crippen LogP contribution in [0.1, 0.15) is 19.4 Å². The van der Waals surface area contributed by atoms with E-state index < -0.39 is 0 Å². The van der Waals surface area contributed by atoms with Crippen LogP contribution in [0.15, 0.2) is 48.5 Å². The summed E-state index contributed by atoms with van der Waals surface area (Å²) < 4.78 is 13.1. The number of amides is 1. The molecule has 2 aromatic carbocycles. The Morgan fingerprint density at radius 2 is 1.67 bits per heavy atom. The van der Waals surface area contributed by atoms with Crippen LogP contribution in [-0.4, -0.2) is 49.6 Å². The van der Waals surface area contributed by atoms with Crippen molar-refractivity contribution in [1.82, 2.24) is 10.2 Å². The summed E-state index contributed by atoms with van der Waals surface area (Å²) in [6.07, 6.45) is 0. The average molecular weight is 457 g/mol. The topological polar surface area (TPSA) is 47.6 Å². The number of anilines is 2. The van der Waals surface area contributed by atoms with Gasteiger partial charge in [0.25, 0.3) is 0 Å². The maximum Gasteiger partial charge on any atom is 0.241 e. The summed E-state index contributed by atoms with van der Waals surface area (Å²) in [5.74, 6) is -0.207. The number of nitrogens with one attached hydrogen (secondary N) is 2. The monoisotopic (exact) mass is 456 g/mol. The predicted molar refractivity (Wildman–Crippen MR) is 127 cm³/mol. The Balaban J connectivity index is 0.00000225. The smallest absolute Gasteiger partial charge is 0.241 e. The number of carbonyl (C=O) groups excluding carboxylic acids is 1. The first-order chi connectivity index (χ1) is 13.6. The molecule has 0 saturated carbocycles. The highest BCUT2D eigenvalue weighted by Gasteiger charge is 2.26. The molecule has 0 radical (unpaired) electrons. The van der Waals surface area contributed by atoms with Crippen molar-refractivity contribution in [3.8, 4) is 0 Å². The van der Waals surface area contributed by atoms with Gasteiger partial charge in [-0.2, -0.15) is 0 Å². The van der Waals surface area contributed by atoms with E-state index in [9.17, 15) is 9.18 Å². The summed E-state index contributed by atoms with van der Waals surface area (Å²) in [7, 11) is 0. The Labute approximate surface area is 190 Å². The molecule has 30 heavy (non-hydrogen) atoms. The Morgan fingerprint density at radius 3 is 2.30 bits per heavy atom. The third-order valence-electron chi connectivity index (χ3n) is 5.27. The fourth-order valence-corrected chi connectivity index (χ4v) is 3.48. The molecule has 3 rings (SSSR count). The Morgan fingerprint density at radius 1 is 1.03 bits per heavy atom. The number of nitrogens with zero attached hydrogens (tertiary/aromatic N) is 2. The summed E-state index contributed by atoms with van der Waals surface area (Å²) >= 11 is 0. The number of hydrogen-bond donors (Lipinski definition) is 2. The number of carbonyl (C=O) groups is 1. The van der Waals surface area contributed by atoms with Gasteiger partial charge >= 0.3 is 0 Å². The zero-order valence-electron chi connectivity index (χ0n) is 17.4. The number of piperazine rings is 1. The number of halogens is 3. The molecule has 1 saturated heterocycles.